The van der Waals surface area contributed by atoms with Gasteiger partial charge in [0.25, 0.3) is 0 Å². The van der Waals surface area contributed by atoms with Crippen molar-refractivity contribution in [2.24, 2.45) is 5.92 Å². The number of benzene rings is 1. The van der Waals surface area contributed by atoms with Gasteiger partial charge in [-0.1, -0.05) is 12.1 Å². The molecule has 30 heavy (non-hydrogen) atoms. The summed E-state index contributed by atoms with van der Waals surface area (Å²) in [7, 11) is 0. The largest absolute Gasteiger partial charge is 0.381 e. The lowest BCUT2D eigenvalue weighted by atomic mass is 10.1. The maximum atomic E-state index is 13.3. The highest BCUT2D eigenvalue weighted by Gasteiger charge is 2.29. The summed E-state index contributed by atoms with van der Waals surface area (Å²) in [4.78, 5) is 6.66. The summed E-state index contributed by atoms with van der Waals surface area (Å²) in [6.07, 6.45) is 3.41. The second-order valence-electron chi connectivity index (χ2n) is 7.74. The normalized spacial score (nSPS) is 22.0. The van der Waals surface area contributed by atoms with Crippen LogP contribution in [-0.4, -0.2) is 52.7 Å². The first-order valence-corrected chi connectivity index (χ1v) is 11.1. The Hall–Kier alpha value is -2.36. The molecule has 0 aliphatic carbocycles. The molecule has 2 atom stereocenters. The van der Waals surface area contributed by atoms with Crippen LogP contribution in [-0.2, 0) is 22.4 Å². The van der Waals surface area contributed by atoms with Crippen molar-refractivity contribution in [3.8, 4) is 0 Å². The lowest BCUT2D eigenvalue weighted by Crippen LogP contribution is -2.40. The van der Waals surface area contributed by atoms with Gasteiger partial charge in [-0.3, -0.25) is 4.57 Å². The van der Waals surface area contributed by atoms with Crippen molar-refractivity contribution in [1.82, 2.24) is 19.7 Å². The zero-order chi connectivity index (χ0) is 20.3. The van der Waals surface area contributed by atoms with Crippen LogP contribution in [0, 0.1) is 11.7 Å². The third-order valence-electron chi connectivity index (χ3n) is 5.62. The van der Waals surface area contributed by atoms with Gasteiger partial charge in [-0.05, 0) is 24.1 Å². The Bertz CT molecular complexity index is 956. The van der Waals surface area contributed by atoms with E-state index in [1.807, 2.05) is 11.6 Å². The van der Waals surface area contributed by atoms with Crippen molar-refractivity contribution in [2.45, 2.75) is 25.5 Å². The molecular formula is C21H24FN5O2S. The van der Waals surface area contributed by atoms with Gasteiger partial charge in [0.15, 0.2) is 0 Å². The molecule has 0 N–H and O–H groups in total. The average Bonchev–Trinajstić information content (AvgIpc) is 3.53. The van der Waals surface area contributed by atoms with Crippen molar-refractivity contribution in [3.63, 3.8) is 0 Å². The number of hydrogen-bond donors (Lipinski definition) is 0. The van der Waals surface area contributed by atoms with E-state index >= 15 is 0 Å². The SMILES string of the molecule is Fc1ccc(Cc2nnc(N3CCO[C@@H](c4nccs4)C3)n2C[C@@H]2CCOC2)cc1. The second kappa shape index (κ2) is 8.79. The lowest BCUT2D eigenvalue weighted by Gasteiger charge is -2.33. The number of anilines is 1. The van der Waals surface area contributed by atoms with Crippen LogP contribution in [0.2, 0.25) is 0 Å². The van der Waals surface area contributed by atoms with Gasteiger partial charge in [0, 0.05) is 43.6 Å². The number of aromatic nitrogens is 4. The molecule has 2 aliphatic rings. The van der Waals surface area contributed by atoms with Gasteiger partial charge < -0.3 is 14.4 Å². The molecule has 2 fully saturated rings. The Morgan fingerprint density at radius 2 is 2.07 bits per heavy atom. The lowest BCUT2D eigenvalue weighted by molar-refractivity contribution is 0.0387. The fraction of sp³-hybridized carbons (Fsp3) is 0.476. The van der Waals surface area contributed by atoms with Crippen molar-refractivity contribution in [1.29, 1.82) is 0 Å². The molecule has 2 aliphatic heterocycles. The van der Waals surface area contributed by atoms with E-state index in [4.69, 9.17) is 9.47 Å². The summed E-state index contributed by atoms with van der Waals surface area (Å²) in [5.74, 6) is 1.97. The van der Waals surface area contributed by atoms with Gasteiger partial charge in [-0.25, -0.2) is 9.37 Å². The first-order valence-electron chi connectivity index (χ1n) is 10.3. The third-order valence-corrected chi connectivity index (χ3v) is 6.49. The first-order chi connectivity index (χ1) is 14.8. The molecular weight excluding hydrogens is 405 g/mol. The predicted octanol–water partition coefficient (Wildman–Crippen LogP) is 3.08. The highest BCUT2D eigenvalue weighted by atomic mass is 32.1. The fourth-order valence-electron chi connectivity index (χ4n) is 4.02. The second-order valence-corrected chi connectivity index (χ2v) is 8.66. The van der Waals surface area contributed by atoms with E-state index in [9.17, 15) is 4.39 Å². The molecule has 1 aromatic carbocycles. The predicted molar refractivity (Wildman–Crippen MR) is 111 cm³/mol. The molecule has 2 saturated heterocycles. The Labute approximate surface area is 178 Å². The van der Waals surface area contributed by atoms with E-state index in [-0.39, 0.29) is 11.9 Å². The van der Waals surface area contributed by atoms with Crippen LogP contribution in [0.3, 0.4) is 0 Å². The van der Waals surface area contributed by atoms with Crippen LogP contribution in [0.1, 0.15) is 28.9 Å². The number of halogens is 1. The van der Waals surface area contributed by atoms with E-state index in [2.05, 4.69) is 24.6 Å². The molecule has 9 heteroatoms. The Morgan fingerprint density at radius 3 is 2.83 bits per heavy atom. The maximum absolute atomic E-state index is 13.3. The van der Waals surface area contributed by atoms with E-state index in [1.165, 1.54) is 12.1 Å². The Balaban J connectivity index is 1.41. The molecule has 0 unspecified atom stereocenters. The number of rotatable bonds is 6. The molecule has 0 radical (unpaired) electrons. The molecule has 0 bridgehead atoms. The summed E-state index contributed by atoms with van der Waals surface area (Å²) in [5.41, 5.74) is 1.02. The van der Waals surface area contributed by atoms with Crippen LogP contribution >= 0.6 is 11.3 Å². The van der Waals surface area contributed by atoms with Crippen LogP contribution in [0.15, 0.2) is 35.8 Å². The van der Waals surface area contributed by atoms with Crippen LogP contribution in [0.25, 0.3) is 0 Å². The molecule has 7 nitrogen and oxygen atoms in total. The van der Waals surface area contributed by atoms with Crippen molar-refractivity contribution in [3.05, 3.63) is 58.1 Å². The minimum absolute atomic E-state index is 0.0562. The Morgan fingerprint density at radius 1 is 1.17 bits per heavy atom. The topological polar surface area (TPSA) is 65.3 Å². The summed E-state index contributed by atoms with van der Waals surface area (Å²) in [6.45, 7) is 4.47. The first kappa shape index (κ1) is 19.6. The number of thiazole rings is 1. The van der Waals surface area contributed by atoms with E-state index in [0.29, 0.717) is 25.5 Å². The standard InChI is InChI=1S/C21H24FN5O2S/c22-17-3-1-15(2-4-17)11-19-24-25-21(27(19)12-16-5-8-28-14-16)26-7-9-29-18(13-26)20-23-6-10-30-20/h1-4,6,10,16,18H,5,7-9,11-14H2/t16-,18+/m0/s1. The van der Waals surface area contributed by atoms with Crippen LogP contribution in [0.5, 0.6) is 0 Å². The minimum Gasteiger partial charge on any atom is -0.381 e. The molecule has 0 saturated carbocycles. The molecule has 0 spiro atoms. The fourth-order valence-corrected chi connectivity index (χ4v) is 4.70. The maximum Gasteiger partial charge on any atom is 0.227 e. The quantitative estimate of drug-likeness (QED) is 0.600. The van der Waals surface area contributed by atoms with Crippen LogP contribution in [0.4, 0.5) is 10.3 Å². The summed E-state index contributed by atoms with van der Waals surface area (Å²) in [5, 5.41) is 12.0. The number of morpholine rings is 1. The molecule has 158 valence electrons. The van der Waals surface area contributed by atoms with Crippen molar-refractivity contribution >= 4 is 17.3 Å². The van der Waals surface area contributed by atoms with Gasteiger partial charge in [0.05, 0.1) is 19.8 Å². The molecule has 3 aromatic rings. The van der Waals surface area contributed by atoms with Gasteiger partial charge in [0.1, 0.15) is 22.8 Å². The summed E-state index contributed by atoms with van der Waals surface area (Å²) < 4.78 is 27.1. The van der Waals surface area contributed by atoms with E-state index in [1.54, 1.807) is 23.5 Å². The van der Waals surface area contributed by atoms with Crippen molar-refractivity contribution < 1.29 is 13.9 Å². The van der Waals surface area contributed by atoms with Gasteiger partial charge in [-0.15, -0.1) is 21.5 Å². The third kappa shape index (κ3) is 4.23. The van der Waals surface area contributed by atoms with Crippen LogP contribution < -0.4 is 4.90 Å². The molecule has 0 amide bonds. The minimum atomic E-state index is -0.231. The Kier molecular flexibility index (Phi) is 5.74. The smallest absolute Gasteiger partial charge is 0.227 e. The summed E-state index contributed by atoms with van der Waals surface area (Å²) >= 11 is 1.61. The van der Waals surface area contributed by atoms with Gasteiger partial charge in [-0.2, -0.15) is 0 Å². The van der Waals surface area contributed by atoms with E-state index < -0.39 is 0 Å². The molecule has 4 heterocycles. The molecule has 2 aromatic heterocycles. The molecule has 5 rings (SSSR count). The van der Waals surface area contributed by atoms with Crippen molar-refractivity contribution in [2.75, 3.05) is 37.8 Å². The van der Waals surface area contributed by atoms with E-state index in [0.717, 1.165) is 55.1 Å². The van der Waals surface area contributed by atoms with Gasteiger partial charge >= 0.3 is 0 Å². The zero-order valence-corrected chi connectivity index (χ0v) is 17.4. The highest BCUT2D eigenvalue weighted by Crippen LogP contribution is 2.28. The summed E-state index contributed by atoms with van der Waals surface area (Å²) in [6, 6.07) is 6.59. The van der Waals surface area contributed by atoms with Gasteiger partial charge in [0.2, 0.25) is 5.95 Å². The monoisotopic (exact) mass is 429 g/mol. The number of ether oxygens (including phenoxy) is 2. The average molecular weight is 430 g/mol. The number of hydrogen-bond acceptors (Lipinski definition) is 7. The highest BCUT2D eigenvalue weighted by molar-refractivity contribution is 7.09. The number of nitrogens with zero attached hydrogens (tertiary/aromatic N) is 5. The zero-order valence-electron chi connectivity index (χ0n) is 16.6.